The van der Waals surface area contributed by atoms with Gasteiger partial charge in [0, 0.05) is 20.9 Å². The van der Waals surface area contributed by atoms with Crippen LogP contribution in [0, 0.1) is 0 Å². The van der Waals surface area contributed by atoms with Crippen LogP contribution >= 0.6 is 11.8 Å². The van der Waals surface area contributed by atoms with E-state index < -0.39 is 11.7 Å². The Morgan fingerprint density at radius 3 is 1.84 bits per heavy atom. The maximum absolute atomic E-state index is 12.8. The molecule has 1 aliphatic rings. The second kappa shape index (κ2) is 6.37. The number of nitrogens with zero attached hydrogens (tertiary/aromatic N) is 1. The Bertz CT molecular complexity index is 813. The van der Waals surface area contributed by atoms with E-state index in [-0.39, 0.29) is 0 Å². The van der Waals surface area contributed by atoms with Gasteiger partial charge in [-0.2, -0.15) is 0 Å². The predicted molar refractivity (Wildman–Crippen MR) is 96.2 cm³/mol. The molecule has 1 amide bonds. The molecule has 0 aromatic heterocycles. The van der Waals surface area contributed by atoms with Gasteiger partial charge >= 0.3 is 6.09 Å². The van der Waals surface area contributed by atoms with E-state index in [9.17, 15) is 14.4 Å². The number of aldehydes is 2. The lowest BCUT2D eigenvalue weighted by Crippen LogP contribution is -2.35. The molecule has 2 aromatic carbocycles. The number of hydrogen-bond donors (Lipinski definition) is 0. The fraction of sp³-hybridized carbons (Fsp3) is 0.211. The minimum absolute atomic E-state index is 0.506. The third-order valence-electron chi connectivity index (χ3n) is 3.52. The molecule has 0 radical (unpaired) electrons. The third-order valence-corrected chi connectivity index (χ3v) is 4.61. The average molecular weight is 355 g/mol. The third kappa shape index (κ3) is 3.44. The minimum Gasteiger partial charge on any atom is -0.443 e. The van der Waals surface area contributed by atoms with Crippen molar-refractivity contribution in [2.45, 2.75) is 36.2 Å². The molecular formula is C19H17NO4S. The molecule has 2 aromatic rings. The molecule has 0 bridgehead atoms. The Morgan fingerprint density at radius 1 is 0.960 bits per heavy atom. The van der Waals surface area contributed by atoms with Crippen LogP contribution in [0.3, 0.4) is 0 Å². The first-order chi connectivity index (χ1) is 11.8. The zero-order chi connectivity index (χ0) is 18.2. The highest BCUT2D eigenvalue weighted by Gasteiger charge is 2.32. The maximum Gasteiger partial charge on any atom is 0.419 e. The molecule has 0 saturated heterocycles. The monoisotopic (exact) mass is 355 g/mol. The van der Waals surface area contributed by atoms with Crippen molar-refractivity contribution in [3.05, 3.63) is 47.5 Å². The molecule has 0 N–H and O–H groups in total. The van der Waals surface area contributed by atoms with Gasteiger partial charge in [0.2, 0.25) is 0 Å². The highest BCUT2D eigenvalue weighted by atomic mass is 32.2. The van der Waals surface area contributed by atoms with Gasteiger partial charge in [-0.3, -0.25) is 9.59 Å². The standard InChI is InChI=1S/C19H17NO4S/c1-19(2,3)24-18(23)20-14-6-4-12(10-21)8-16(14)25-17-9-13(11-22)5-7-15(17)20/h4-11H,1-3H3. The van der Waals surface area contributed by atoms with E-state index in [0.29, 0.717) is 22.5 Å². The van der Waals surface area contributed by atoms with Crippen molar-refractivity contribution < 1.29 is 19.1 Å². The molecule has 0 aliphatic carbocycles. The van der Waals surface area contributed by atoms with Crippen molar-refractivity contribution in [2.75, 3.05) is 4.90 Å². The molecule has 0 unspecified atom stereocenters. The predicted octanol–water partition coefficient (Wildman–Crippen LogP) is 4.85. The molecule has 128 valence electrons. The van der Waals surface area contributed by atoms with Crippen LogP contribution in [0.5, 0.6) is 0 Å². The number of benzene rings is 2. The van der Waals surface area contributed by atoms with Gasteiger partial charge in [0.15, 0.2) is 0 Å². The largest absolute Gasteiger partial charge is 0.443 e. The smallest absolute Gasteiger partial charge is 0.419 e. The second-order valence-electron chi connectivity index (χ2n) is 6.61. The van der Waals surface area contributed by atoms with Gasteiger partial charge < -0.3 is 4.74 Å². The van der Waals surface area contributed by atoms with Gasteiger partial charge in [0.1, 0.15) is 18.2 Å². The minimum atomic E-state index is -0.645. The first-order valence-corrected chi connectivity index (χ1v) is 8.53. The molecule has 1 heterocycles. The second-order valence-corrected chi connectivity index (χ2v) is 7.69. The number of carbonyl (C=O) groups excluding carboxylic acids is 3. The molecule has 0 fully saturated rings. The van der Waals surface area contributed by atoms with E-state index >= 15 is 0 Å². The van der Waals surface area contributed by atoms with E-state index in [1.54, 1.807) is 57.2 Å². The molecule has 6 heteroatoms. The van der Waals surface area contributed by atoms with Crippen molar-refractivity contribution in [3.63, 3.8) is 0 Å². The van der Waals surface area contributed by atoms with E-state index in [0.717, 1.165) is 22.4 Å². The summed E-state index contributed by atoms with van der Waals surface area (Å²) in [5.41, 5.74) is 1.69. The summed E-state index contributed by atoms with van der Waals surface area (Å²) in [5, 5.41) is 0. The van der Waals surface area contributed by atoms with E-state index in [1.165, 1.54) is 16.7 Å². The normalized spacial score (nSPS) is 12.8. The van der Waals surface area contributed by atoms with Crippen LogP contribution in [-0.2, 0) is 4.74 Å². The molecule has 3 rings (SSSR count). The van der Waals surface area contributed by atoms with Gasteiger partial charge in [0.05, 0.1) is 11.4 Å². The Labute approximate surface area is 150 Å². The lowest BCUT2D eigenvalue weighted by atomic mass is 10.1. The Balaban J connectivity index is 2.14. The number of amides is 1. The molecule has 0 atom stereocenters. The Hall–Kier alpha value is -2.60. The summed E-state index contributed by atoms with van der Waals surface area (Å²) < 4.78 is 5.54. The Morgan fingerprint density at radius 2 is 1.44 bits per heavy atom. The maximum atomic E-state index is 12.8. The van der Waals surface area contributed by atoms with Crippen LogP contribution in [0.1, 0.15) is 41.5 Å². The highest BCUT2D eigenvalue weighted by Crippen LogP contribution is 2.49. The SMILES string of the molecule is CC(C)(C)OC(=O)N1c2ccc(C=O)cc2Sc2cc(C=O)ccc21. The number of ether oxygens (including phenoxy) is 1. The van der Waals surface area contributed by atoms with E-state index in [1.807, 2.05) is 0 Å². The van der Waals surface area contributed by atoms with Crippen LogP contribution in [-0.4, -0.2) is 24.3 Å². The first-order valence-electron chi connectivity index (χ1n) is 7.72. The summed E-state index contributed by atoms with van der Waals surface area (Å²) >= 11 is 1.41. The number of fused-ring (bicyclic) bond motifs is 2. The van der Waals surface area contributed by atoms with E-state index in [4.69, 9.17) is 4.74 Å². The summed E-state index contributed by atoms with van der Waals surface area (Å²) in [6.45, 7) is 5.41. The molecule has 0 spiro atoms. The van der Waals surface area contributed by atoms with Crippen molar-refractivity contribution >= 4 is 41.8 Å². The molecule has 25 heavy (non-hydrogen) atoms. The van der Waals surface area contributed by atoms with Crippen LogP contribution < -0.4 is 4.90 Å². The zero-order valence-electron chi connectivity index (χ0n) is 14.1. The summed E-state index contributed by atoms with van der Waals surface area (Å²) in [4.78, 5) is 38.0. The topological polar surface area (TPSA) is 63.7 Å². The zero-order valence-corrected chi connectivity index (χ0v) is 14.9. The van der Waals surface area contributed by atoms with Crippen LogP contribution in [0.15, 0.2) is 46.2 Å². The fourth-order valence-electron chi connectivity index (χ4n) is 2.49. The van der Waals surface area contributed by atoms with Gasteiger partial charge in [0.25, 0.3) is 0 Å². The molecule has 0 saturated carbocycles. The fourth-order valence-corrected chi connectivity index (χ4v) is 3.65. The van der Waals surface area contributed by atoms with Crippen molar-refractivity contribution in [1.82, 2.24) is 0 Å². The number of rotatable bonds is 2. The molecule has 1 aliphatic heterocycles. The molecular weight excluding hydrogens is 338 g/mol. The number of carbonyl (C=O) groups is 3. The summed E-state index contributed by atoms with van der Waals surface area (Å²) in [6.07, 6.45) is 1.01. The van der Waals surface area contributed by atoms with E-state index in [2.05, 4.69) is 0 Å². The van der Waals surface area contributed by atoms with Gasteiger partial charge in [-0.1, -0.05) is 11.8 Å². The van der Waals surface area contributed by atoms with Crippen LogP contribution in [0.4, 0.5) is 16.2 Å². The lowest BCUT2D eigenvalue weighted by molar-refractivity contribution is 0.0597. The summed E-state index contributed by atoms with van der Waals surface area (Å²) in [5.74, 6) is 0. The number of anilines is 2. The average Bonchev–Trinajstić information content (AvgIpc) is 2.56. The highest BCUT2D eigenvalue weighted by molar-refractivity contribution is 7.99. The van der Waals surface area contributed by atoms with Crippen molar-refractivity contribution in [1.29, 1.82) is 0 Å². The van der Waals surface area contributed by atoms with Crippen LogP contribution in [0.25, 0.3) is 0 Å². The molecule has 5 nitrogen and oxygen atoms in total. The Kier molecular flexibility index (Phi) is 4.39. The summed E-state index contributed by atoms with van der Waals surface area (Å²) in [7, 11) is 0. The van der Waals surface area contributed by atoms with Gasteiger partial charge in [-0.25, -0.2) is 9.69 Å². The van der Waals surface area contributed by atoms with Gasteiger partial charge in [-0.05, 0) is 57.2 Å². The van der Waals surface area contributed by atoms with Crippen molar-refractivity contribution in [2.24, 2.45) is 0 Å². The van der Waals surface area contributed by atoms with Crippen molar-refractivity contribution in [3.8, 4) is 0 Å². The summed E-state index contributed by atoms with van der Waals surface area (Å²) in [6, 6.07) is 10.2. The quantitative estimate of drug-likeness (QED) is 0.721. The first kappa shape index (κ1) is 17.2. The van der Waals surface area contributed by atoms with Crippen LogP contribution in [0.2, 0.25) is 0 Å². The number of hydrogen-bond acceptors (Lipinski definition) is 5. The lowest BCUT2D eigenvalue weighted by Gasteiger charge is -2.33. The van der Waals surface area contributed by atoms with Gasteiger partial charge in [-0.15, -0.1) is 0 Å².